The van der Waals surface area contributed by atoms with Crippen LogP contribution in [0.1, 0.15) is 47.5 Å². The zero-order valence-corrected chi connectivity index (χ0v) is 14.7. The standard InChI is InChI=1S/C17H29NO5/c1-16(2,3)23-15(20)18-8-10(9-18)6-11-7-12(19)14-13(11)21-17(4,5)22-14/h10-14,19H,6-9H2,1-5H3/t11-,12-,13+,14-/m0/s1. The molecule has 3 aliphatic rings. The Kier molecular flexibility index (Phi) is 4.14. The van der Waals surface area contributed by atoms with Crippen molar-refractivity contribution in [3.05, 3.63) is 0 Å². The average Bonchev–Trinajstić information content (AvgIpc) is 2.77. The van der Waals surface area contributed by atoms with E-state index in [1.54, 1.807) is 4.90 Å². The second-order valence-corrected chi connectivity index (χ2v) is 8.61. The number of fused-ring (bicyclic) bond motifs is 1. The quantitative estimate of drug-likeness (QED) is 0.841. The van der Waals surface area contributed by atoms with Gasteiger partial charge in [-0.3, -0.25) is 0 Å². The van der Waals surface area contributed by atoms with Crippen molar-refractivity contribution >= 4 is 6.09 Å². The van der Waals surface area contributed by atoms with Crippen LogP contribution in [-0.4, -0.2) is 58.9 Å². The van der Waals surface area contributed by atoms with Gasteiger partial charge in [0.2, 0.25) is 0 Å². The Morgan fingerprint density at radius 2 is 1.87 bits per heavy atom. The highest BCUT2D eigenvalue weighted by atomic mass is 16.8. The molecule has 1 aliphatic carbocycles. The van der Waals surface area contributed by atoms with E-state index >= 15 is 0 Å². The molecule has 3 fully saturated rings. The summed E-state index contributed by atoms with van der Waals surface area (Å²) in [5, 5.41) is 10.2. The predicted molar refractivity (Wildman–Crippen MR) is 83.9 cm³/mol. The number of nitrogens with zero attached hydrogens (tertiary/aromatic N) is 1. The lowest BCUT2D eigenvalue weighted by atomic mass is 9.87. The summed E-state index contributed by atoms with van der Waals surface area (Å²) >= 11 is 0. The summed E-state index contributed by atoms with van der Waals surface area (Å²) < 4.78 is 17.2. The van der Waals surface area contributed by atoms with Crippen molar-refractivity contribution < 1.29 is 24.1 Å². The average molecular weight is 327 g/mol. The Morgan fingerprint density at radius 3 is 2.48 bits per heavy atom. The van der Waals surface area contributed by atoms with E-state index in [2.05, 4.69) is 0 Å². The minimum absolute atomic E-state index is 0.0319. The second-order valence-electron chi connectivity index (χ2n) is 8.61. The Morgan fingerprint density at radius 1 is 1.26 bits per heavy atom. The molecule has 2 heterocycles. The van der Waals surface area contributed by atoms with Gasteiger partial charge in [0.1, 0.15) is 11.7 Å². The Balaban J connectivity index is 1.48. The highest BCUT2D eigenvalue weighted by molar-refractivity contribution is 5.69. The molecule has 0 aromatic rings. The SMILES string of the molecule is CC(C)(C)OC(=O)N1CC(C[C@H]2C[C@H](O)[C@@H]3OC(C)(C)O[C@H]23)C1. The minimum Gasteiger partial charge on any atom is -0.444 e. The number of amides is 1. The van der Waals surface area contributed by atoms with Gasteiger partial charge in [0, 0.05) is 13.1 Å². The van der Waals surface area contributed by atoms with Gasteiger partial charge in [-0.25, -0.2) is 4.79 Å². The minimum atomic E-state index is -0.614. The van der Waals surface area contributed by atoms with Gasteiger partial charge in [-0.15, -0.1) is 0 Å². The maximum atomic E-state index is 12.0. The summed E-state index contributed by atoms with van der Waals surface area (Å²) in [5.74, 6) is 0.130. The Labute approximate surface area is 138 Å². The summed E-state index contributed by atoms with van der Waals surface area (Å²) in [5.41, 5.74) is -0.453. The molecule has 132 valence electrons. The number of hydrogen-bond donors (Lipinski definition) is 1. The summed E-state index contributed by atoms with van der Waals surface area (Å²) in [6.07, 6.45) is 0.742. The van der Waals surface area contributed by atoms with Gasteiger partial charge >= 0.3 is 6.09 Å². The molecular weight excluding hydrogens is 298 g/mol. The molecule has 3 rings (SSSR count). The van der Waals surface area contributed by atoms with Crippen LogP contribution in [0.5, 0.6) is 0 Å². The third-order valence-electron chi connectivity index (χ3n) is 4.80. The molecule has 4 atom stereocenters. The molecule has 1 saturated carbocycles. The fourth-order valence-electron chi connectivity index (χ4n) is 3.91. The number of aliphatic hydroxyl groups is 1. The van der Waals surface area contributed by atoms with Crippen LogP contribution in [0.25, 0.3) is 0 Å². The van der Waals surface area contributed by atoms with Crippen molar-refractivity contribution in [1.82, 2.24) is 4.90 Å². The van der Waals surface area contributed by atoms with E-state index in [4.69, 9.17) is 14.2 Å². The van der Waals surface area contributed by atoms with E-state index < -0.39 is 17.5 Å². The number of rotatable bonds is 2. The Hall–Kier alpha value is -0.850. The first kappa shape index (κ1) is 17.0. The first-order valence-corrected chi connectivity index (χ1v) is 8.56. The third kappa shape index (κ3) is 3.64. The van der Waals surface area contributed by atoms with Crippen LogP contribution in [0.2, 0.25) is 0 Å². The molecule has 0 aromatic heterocycles. The van der Waals surface area contributed by atoms with Crippen LogP contribution in [0.15, 0.2) is 0 Å². The molecule has 23 heavy (non-hydrogen) atoms. The number of carbonyl (C=O) groups is 1. The first-order valence-electron chi connectivity index (χ1n) is 8.56. The Bertz CT molecular complexity index is 466. The molecule has 1 N–H and O–H groups in total. The topological polar surface area (TPSA) is 68.2 Å². The smallest absolute Gasteiger partial charge is 0.410 e. The van der Waals surface area contributed by atoms with Crippen LogP contribution in [0.3, 0.4) is 0 Å². The lowest BCUT2D eigenvalue weighted by Gasteiger charge is -2.41. The number of likely N-dealkylation sites (tertiary alicyclic amines) is 1. The van der Waals surface area contributed by atoms with E-state index in [1.807, 2.05) is 34.6 Å². The van der Waals surface area contributed by atoms with Crippen LogP contribution in [0, 0.1) is 11.8 Å². The van der Waals surface area contributed by atoms with E-state index in [0.29, 0.717) is 18.3 Å². The number of ether oxygens (including phenoxy) is 3. The van der Waals surface area contributed by atoms with E-state index in [-0.39, 0.29) is 18.3 Å². The lowest BCUT2D eigenvalue weighted by Crippen LogP contribution is -2.52. The van der Waals surface area contributed by atoms with Crippen molar-refractivity contribution in [2.45, 2.75) is 77.2 Å². The van der Waals surface area contributed by atoms with Crippen molar-refractivity contribution in [2.24, 2.45) is 11.8 Å². The zero-order chi connectivity index (χ0) is 17.0. The normalized spacial score (nSPS) is 36.7. The predicted octanol–water partition coefficient (Wildman–Crippen LogP) is 2.14. The van der Waals surface area contributed by atoms with E-state index in [0.717, 1.165) is 19.5 Å². The van der Waals surface area contributed by atoms with Gasteiger partial charge in [0.05, 0.1) is 12.2 Å². The fourth-order valence-corrected chi connectivity index (χ4v) is 3.91. The molecule has 2 aliphatic heterocycles. The molecule has 6 heteroatoms. The van der Waals surface area contributed by atoms with Crippen molar-refractivity contribution in [3.8, 4) is 0 Å². The maximum absolute atomic E-state index is 12.0. The molecule has 0 aromatic carbocycles. The van der Waals surface area contributed by atoms with Crippen LogP contribution in [0.4, 0.5) is 4.79 Å². The maximum Gasteiger partial charge on any atom is 0.410 e. The zero-order valence-electron chi connectivity index (χ0n) is 14.7. The van der Waals surface area contributed by atoms with Gasteiger partial charge in [0.25, 0.3) is 0 Å². The summed E-state index contributed by atoms with van der Waals surface area (Å²) in [6.45, 7) is 10.9. The molecule has 0 bridgehead atoms. The van der Waals surface area contributed by atoms with Gasteiger partial charge in [-0.1, -0.05) is 0 Å². The number of aliphatic hydroxyl groups excluding tert-OH is 1. The molecule has 0 spiro atoms. The molecule has 2 saturated heterocycles. The summed E-state index contributed by atoms with van der Waals surface area (Å²) in [4.78, 5) is 13.7. The largest absolute Gasteiger partial charge is 0.444 e. The number of carbonyl (C=O) groups excluding carboxylic acids is 1. The third-order valence-corrected chi connectivity index (χ3v) is 4.80. The lowest BCUT2D eigenvalue weighted by molar-refractivity contribution is -0.167. The number of hydrogen-bond acceptors (Lipinski definition) is 5. The van der Waals surface area contributed by atoms with Gasteiger partial charge < -0.3 is 24.2 Å². The molecule has 0 unspecified atom stereocenters. The van der Waals surface area contributed by atoms with Crippen LogP contribution < -0.4 is 0 Å². The van der Waals surface area contributed by atoms with Crippen molar-refractivity contribution in [2.75, 3.05) is 13.1 Å². The van der Waals surface area contributed by atoms with Crippen molar-refractivity contribution in [1.29, 1.82) is 0 Å². The molecule has 1 amide bonds. The molecule has 6 nitrogen and oxygen atoms in total. The highest BCUT2D eigenvalue weighted by Gasteiger charge is 2.54. The summed E-state index contributed by atoms with van der Waals surface area (Å²) in [7, 11) is 0. The molecule has 0 radical (unpaired) electrons. The van der Waals surface area contributed by atoms with Crippen molar-refractivity contribution in [3.63, 3.8) is 0 Å². The van der Waals surface area contributed by atoms with E-state index in [9.17, 15) is 9.90 Å². The van der Waals surface area contributed by atoms with E-state index in [1.165, 1.54) is 0 Å². The summed E-state index contributed by atoms with van der Waals surface area (Å²) in [6, 6.07) is 0. The van der Waals surface area contributed by atoms with Gasteiger partial charge in [-0.05, 0) is 59.3 Å². The molecular formula is C17H29NO5. The highest BCUT2D eigenvalue weighted by Crippen LogP contribution is 2.44. The van der Waals surface area contributed by atoms with Gasteiger partial charge in [-0.2, -0.15) is 0 Å². The fraction of sp³-hybridized carbons (Fsp3) is 0.941. The second kappa shape index (κ2) is 5.60. The van der Waals surface area contributed by atoms with Crippen LogP contribution in [-0.2, 0) is 14.2 Å². The van der Waals surface area contributed by atoms with Crippen LogP contribution >= 0.6 is 0 Å². The monoisotopic (exact) mass is 327 g/mol. The van der Waals surface area contributed by atoms with Gasteiger partial charge in [0.15, 0.2) is 5.79 Å². The first-order chi connectivity index (χ1) is 10.5.